The fraction of sp³-hybridized carbons (Fsp3) is 0.500. The van der Waals surface area contributed by atoms with Crippen LogP contribution in [0, 0.1) is 12.5 Å². The second-order valence-corrected chi connectivity index (χ2v) is 4.01. The molecule has 0 saturated heterocycles. The maximum atomic E-state index is 3.14. The van der Waals surface area contributed by atoms with E-state index in [-0.39, 0.29) is 32.7 Å². The molecule has 16 heavy (non-hydrogen) atoms. The topological polar surface area (TPSA) is 3.24 Å². The molecule has 87 valence electrons. The summed E-state index contributed by atoms with van der Waals surface area (Å²) < 4.78 is 0. The van der Waals surface area contributed by atoms with Gasteiger partial charge in [0.2, 0.25) is 0 Å². The second-order valence-electron chi connectivity index (χ2n) is 4.01. The predicted octanol–water partition coefficient (Wildman–Crippen LogP) is 3.49. The normalized spacial score (nSPS) is 13.8. The molecule has 0 aromatic heterocycles. The first-order valence-electron chi connectivity index (χ1n) is 5.73. The van der Waals surface area contributed by atoms with Crippen LogP contribution in [0.4, 0.5) is 5.69 Å². The number of fused-ring (bicyclic) bond motifs is 1. The summed E-state index contributed by atoms with van der Waals surface area (Å²) in [6.07, 6.45) is 5.84. The fourth-order valence-corrected chi connectivity index (χ4v) is 1.81. The Morgan fingerprint density at radius 3 is 2.69 bits per heavy atom. The third-order valence-electron chi connectivity index (χ3n) is 2.52. The molecule has 0 saturated carbocycles. The van der Waals surface area contributed by atoms with Crippen molar-refractivity contribution in [1.29, 1.82) is 0 Å². The van der Waals surface area contributed by atoms with Crippen LogP contribution in [0.15, 0.2) is 18.2 Å². The Hall–Kier alpha value is 0.124. The first-order chi connectivity index (χ1) is 7.29. The second kappa shape index (κ2) is 9.18. The van der Waals surface area contributed by atoms with E-state index >= 15 is 0 Å². The van der Waals surface area contributed by atoms with E-state index in [1.54, 1.807) is 0 Å². The molecule has 0 fully saturated rings. The van der Waals surface area contributed by atoms with Crippen molar-refractivity contribution >= 4 is 5.69 Å². The van der Waals surface area contributed by atoms with Crippen molar-refractivity contribution in [2.75, 3.05) is 18.5 Å². The van der Waals surface area contributed by atoms with Crippen molar-refractivity contribution in [1.82, 2.24) is 0 Å². The Balaban J connectivity index is 0.000000511. The first kappa shape index (κ1) is 16.1. The van der Waals surface area contributed by atoms with Crippen LogP contribution in [0.1, 0.15) is 32.3 Å². The van der Waals surface area contributed by atoms with E-state index in [2.05, 4.69) is 30.1 Å². The minimum Gasteiger partial charge on any atom is -0.396 e. The Labute approximate surface area is 125 Å². The van der Waals surface area contributed by atoms with Crippen LogP contribution in [0.25, 0.3) is 0 Å². The Bertz CT molecular complexity index is 286. The zero-order valence-electron chi connectivity index (χ0n) is 10.7. The predicted molar refractivity (Wildman–Crippen MR) is 67.1 cm³/mol. The van der Waals surface area contributed by atoms with Crippen molar-refractivity contribution in [2.45, 2.75) is 33.1 Å². The number of hydrogen-bond acceptors (Lipinski definition) is 1. The van der Waals surface area contributed by atoms with Gasteiger partial charge in [0.1, 0.15) is 0 Å². The SMILES string of the molecule is CN1CCCCc2c[c-]ccc21.C[CH-]C.[Y]. The van der Waals surface area contributed by atoms with E-state index in [4.69, 9.17) is 0 Å². The van der Waals surface area contributed by atoms with Crippen LogP contribution in [0.2, 0.25) is 0 Å². The summed E-state index contributed by atoms with van der Waals surface area (Å²) in [4.78, 5) is 2.34. The summed E-state index contributed by atoms with van der Waals surface area (Å²) in [5, 5.41) is 0. The van der Waals surface area contributed by atoms with E-state index in [9.17, 15) is 0 Å². The number of rotatable bonds is 0. The van der Waals surface area contributed by atoms with Gasteiger partial charge in [-0.05, 0) is 6.42 Å². The van der Waals surface area contributed by atoms with Crippen molar-refractivity contribution in [3.05, 3.63) is 36.2 Å². The van der Waals surface area contributed by atoms with Gasteiger partial charge < -0.3 is 11.3 Å². The van der Waals surface area contributed by atoms with Crippen LogP contribution in [0.3, 0.4) is 0 Å². The molecule has 0 amide bonds. The van der Waals surface area contributed by atoms with Crippen molar-refractivity contribution in [3.63, 3.8) is 0 Å². The maximum Gasteiger partial charge on any atom is 0.0153 e. The summed E-state index contributed by atoms with van der Waals surface area (Å²) in [7, 11) is 2.17. The van der Waals surface area contributed by atoms with Crippen LogP contribution in [-0.2, 0) is 39.1 Å². The summed E-state index contributed by atoms with van der Waals surface area (Å²) in [6.45, 7) is 5.19. The average Bonchev–Trinajstić information content (AvgIpc) is 2.43. The monoisotopic (exact) mass is 292 g/mol. The van der Waals surface area contributed by atoms with Gasteiger partial charge in [-0.3, -0.25) is 0 Å². The third kappa shape index (κ3) is 4.97. The first-order valence-corrected chi connectivity index (χ1v) is 5.73. The molecule has 2 heteroatoms. The molecule has 1 aromatic rings. The Morgan fingerprint density at radius 1 is 1.31 bits per heavy atom. The van der Waals surface area contributed by atoms with E-state index < -0.39 is 0 Å². The van der Waals surface area contributed by atoms with E-state index in [0.717, 1.165) is 0 Å². The molecule has 0 bridgehead atoms. The molecule has 1 aliphatic rings. The van der Waals surface area contributed by atoms with E-state index in [1.165, 1.54) is 37.1 Å². The van der Waals surface area contributed by atoms with Crippen molar-refractivity contribution < 1.29 is 32.7 Å². The summed E-state index contributed by atoms with van der Waals surface area (Å²) in [5.74, 6) is 0. The van der Waals surface area contributed by atoms with Gasteiger partial charge in [0.25, 0.3) is 0 Å². The molecule has 1 heterocycles. The molecule has 0 unspecified atom stereocenters. The molecule has 2 rings (SSSR count). The van der Waals surface area contributed by atoms with Crippen LogP contribution >= 0.6 is 0 Å². The molecule has 0 spiro atoms. The Morgan fingerprint density at radius 2 is 2.00 bits per heavy atom. The van der Waals surface area contributed by atoms with E-state index in [0.29, 0.717) is 0 Å². The number of benzene rings is 1. The number of hydrogen-bond donors (Lipinski definition) is 0. The van der Waals surface area contributed by atoms with Gasteiger partial charge in [-0.25, -0.2) is 0 Å². The Kier molecular flexibility index (Phi) is 9.26. The van der Waals surface area contributed by atoms with Crippen molar-refractivity contribution in [3.8, 4) is 0 Å². The minimum absolute atomic E-state index is 0. The van der Waals surface area contributed by atoms with Crippen LogP contribution in [0.5, 0.6) is 0 Å². The van der Waals surface area contributed by atoms with Crippen LogP contribution < -0.4 is 4.90 Å². The zero-order valence-corrected chi connectivity index (χ0v) is 13.5. The molecule has 0 aliphatic carbocycles. The smallest absolute Gasteiger partial charge is 0.0153 e. The number of aryl methyl sites for hydroxylation is 1. The van der Waals surface area contributed by atoms with Gasteiger partial charge in [-0.1, -0.05) is 18.5 Å². The molecular formula is C14H21NY-2. The maximum absolute atomic E-state index is 3.14. The number of anilines is 1. The van der Waals surface area contributed by atoms with E-state index in [1.807, 2.05) is 26.3 Å². The summed E-state index contributed by atoms with van der Waals surface area (Å²) >= 11 is 0. The van der Waals surface area contributed by atoms with Gasteiger partial charge in [0, 0.05) is 46.3 Å². The minimum atomic E-state index is 0. The molecule has 1 radical (unpaired) electrons. The molecule has 1 aliphatic heterocycles. The van der Waals surface area contributed by atoms with Gasteiger partial charge in [0.15, 0.2) is 0 Å². The van der Waals surface area contributed by atoms with Crippen molar-refractivity contribution in [2.24, 2.45) is 0 Å². The third-order valence-corrected chi connectivity index (χ3v) is 2.52. The molecule has 0 atom stereocenters. The zero-order chi connectivity index (χ0) is 11.1. The molecular weight excluding hydrogens is 271 g/mol. The van der Waals surface area contributed by atoms with Crippen LogP contribution in [-0.4, -0.2) is 13.6 Å². The van der Waals surface area contributed by atoms with Gasteiger partial charge in [-0.15, -0.1) is 11.6 Å². The molecule has 1 nitrogen and oxygen atoms in total. The van der Waals surface area contributed by atoms with Gasteiger partial charge >= 0.3 is 0 Å². The quantitative estimate of drug-likeness (QED) is 0.662. The largest absolute Gasteiger partial charge is 0.396 e. The average molecular weight is 292 g/mol. The summed E-state index contributed by atoms with van der Waals surface area (Å²) in [5.41, 5.74) is 2.85. The fourth-order valence-electron chi connectivity index (χ4n) is 1.81. The standard InChI is InChI=1S/C11H14N.C3H7.Y/c1-12-9-5-4-7-10-6-2-3-8-11(10)12;1-3-2;/h3,6,8H,4-5,7,9H2,1H3;3H,1-2H3;/q2*-1;. The van der Waals surface area contributed by atoms with Gasteiger partial charge in [-0.2, -0.15) is 32.0 Å². The van der Waals surface area contributed by atoms with Gasteiger partial charge in [0.05, 0.1) is 0 Å². The summed E-state index contributed by atoms with van der Waals surface area (Å²) in [6, 6.07) is 9.43. The number of nitrogens with zero attached hydrogens (tertiary/aromatic N) is 1. The molecule has 0 N–H and O–H groups in total. The molecule has 1 aromatic carbocycles.